The fourth-order valence-corrected chi connectivity index (χ4v) is 2.76. The zero-order chi connectivity index (χ0) is 17.4. The van der Waals surface area contributed by atoms with Crippen LogP contribution in [0.1, 0.15) is 30.6 Å². The van der Waals surface area contributed by atoms with E-state index < -0.39 is 24.0 Å². The summed E-state index contributed by atoms with van der Waals surface area (Å²) in [5, 5.41) is 10.7. The summed E-state index contributed by atoms with van der Waals surface area (Å²) in [5.74, 6) is -0.530. The molecule has 5 N–H and O–H groups in total. The van der Waals surface area contributed by atoms with Gasteiger partial charge in [0, 0.05) is 16.6 Å². The number of aliphatic hydroxyl groups excluding tert-OH is 1. The quantitative estimate of drug-likeness (QED) is 0.550. The van der Waals surface area contributed by atoms with Crippen LogP contribution in [0.4, 0.5) is 0 Å². The first kappa shape index (κ1) is 19.8. The average Bonchev–Trinajstić information content (AvgIpc) is 2.50. The molecule has 1 rings (SSSR count). The minimum absolute atomic E-state index is 0.296. The number of hydrogen-bond acceptors (Lipinski definition) is 5. The van der Waals surface area contributed by atoms with Gasteiger partial charge in [0.1, 0.15) is 6.10 Å². The number of benzene rings is 1. The van der Waals surface area contributed by atoms with E-state index >= 15 is 0 Å². The van der Waals surface area contributed by atoms with E-state index in [0.29, 0.717) is 22.3 Å². The molecule has 2 atom stereocenters. The molecule has 0 spiro atoms. The molecular weight excluding hydrogens is 338 g/mol. The first-order valence-electron chi connectivity index (χ1n) is 7.22. The summed E-state index contributed by atoms with van der Waals surface area (Å²) >= 11 is 7.49. The van der Waals surface area contributed by atoms with Crippen molar-refractivity contribution in [3.63, 3.8) is 0 Å². The van der Waals surface area contributed by atoms with Crippen LogP contribution >= 0.6 is 23.4 Å². The zero-order valence-electron chi connectivity index (χ0n) is 13.1. The summed E-state index contributed by atoms with van der Waals surface area (Å²) < 4.78 is 0. The topological polar surface area (TPSA) is 104 Å². The Hall–Kier alpha value is -1.28. The van der Waals surface area contributed by atoms with Gasteiger partial charge in [-0.15, -0.1) is 0 Å². The number of carbonyl (C=O) groups excluding carboxylic acids is 2. The fraction of sp³-hybridized carbons (Fsp3) is 0.467. The molecule has 0 saturated heterocycles. The Balaban J connectivity index is 2.41. The van der Waals surface area contributed by atoms with E-state index in [-0.39, 0.29) is 0 Å². The number of hydrogen-bond donors (Lipinski definition) is 4. The minimum Gasteiger partial charge on any atom is -0.382 e. The van der Waals surface area contributed by atoms with Crippen molar-refractivity contribution in [2.75, 3.05) is 5.75 Å². The summed E-state index contributed by atoms with van der Waals surface area (Å²) in [6.07, 6.45) is -0.887. The van der Waals surface area contributed by atoms with Crippen LogP contribution in [0.25, 0.3) is 0 Å². The van der Waals surface area contributed by atoms with Gasteiger partial charge in [0.25, 0.3) is 11.8 Å². The Labute approximate surface area is 145 Å². The highest BCUT2D eigenvalue weighted by molar-refractivity contribution is 7.99. The van der Waals surface area contributed by atoms with Crippen molar-refractivity contribution < 1.29 is 14.7 Å². The molecule has 0 aliphatic rings. The molecular formula is C15H22ClN3O3S. The van der Waals surface area contributed by atoms with Crippen molar-refractivity contribution in [2.24, 2.45) is 5.73 Å². The lowest BCUT2D eigenvalue weighted by Gasteiger charge is -2.18. The van der Waals surface area contributed by atoms with Crippen LogP contribution in [0.5, 0.6) is 0 Å². The molecule has 0 radical (unpaired) electrons. The van der Waals surface area contributed by atoms with Gasteiger partial charge in [-0.25, -0.2) is 0 Å². The third-order valence-corrected chi connectivity index (χ3v) is 4.34. The van der Waals surface area contributed by atoms with E-state index in [9.17, 15) is 14.7 Å². The standard InChI is InChI=1S/C15H22ClN3O3S/c1-9(2)23-7-6-12(17)13(20)15(22)19-18-14(21)10-4-3-5-11(16)8-10/h3-5,8-9,12-13,20H,6-7,17H2,1-2H3,(H,18,21)(H,19,22)/t12-,13?/m1/s1. The smallest absolute Gasteiger partial charge is 0.269 e. The first-order chi connectivity index (χ1) is 10.8. The van der Waals surface area contributed by atoms with Crippen LogP contribution in [0.2, 0.25) is 5.02 Å². The van der Waals surface area contributed by atoms with Gasteiger partial charge in [0.2, 0.25) is 0 Å². The molecule has 0 heterocycles. The van der Waals surface area contributed by atoms with Gasteiger partial charge >= 0.3 is 0 Å². The molecule has 1 aromatic rings. The van der Waals surface area contributed by atoms with Crippen molar-refractivity contribution in [3.8, 4) is 0 Å². The lowest BCUT2D eigenvalue weighted by Crippen LogP contribution is -2.52. The average molecular weight is 360 g/mol. The number of aliphatic hydroxyl groups is 1. The van der Waals surface area contributed by atoms with Crippen LogP contribution in [-0.2, 0) is 4.79 Å². The molecule has 0 saturated carbocycles. The number of halogens is 1. The molecule has 6 nitrogen and oxygen atoms in total. The second-order valence-electron chi connectivity index (χ2n) is 5.27. The maximum Gasteiger partial charge on any atom is 0.269 e. The maximum absolute atomic E-state index is 11.8. The Bertz CT molecular complexity index is 542. The number of nitrogens with one attached hydrogen (secondary N) is 2. The molecule has 2 amide bonds. The highest BCUT2D eigenvalue weighted by Crippen LogP contribution is 2.12. The van der Waals surface area contributed by atoms with E-state index in [0.717, 1.165) is 5.75 Å². The second-order valence-corrected chi connectivity index (χ2v) is 7.39. The predicted molar refractivity (Wildman–Crippen MR) is 93.3 cm³/mol. The number of rotatable bonds is 7. The van der Waals surface area contributed by atoms with Gasteiger partial charge in [-0.3, -0.25) is 20.4 Å². The maximum atomic E-state index is 11.8. The highest BCUT2D eigenvalue weighted by Gasteiger charge is 2.23. The lowest BCUT2D eigenvalue weighted by atomic mass is 10.1. The summed E-state index contributed by atoms with van der Waals surface area (Å²) in [5.41, 5.74) is 10.5. The van der Waals surface area contributed by atoms with Crippen molar-refractivity contribution in [1.82, 2.24) is 10.9 Å². The number of carbonyl (C=O) groups is 2. The largest absolute Gasteiger partial charge is 0.382 e. The highest BCUT2D eigenvalue weighted by atomic mass is 35.5. The van der Waals surface area contributed by atoms with Gasteiger partial charge in [0.15, 0.2) is 0 Å². The van der Waals surface area contributed by atoms with Crippen LogP contribution in [0.15, 0.2) is 24.3 Å². The molecule has 0 aromatic heterocycles. The molecule has 8 heteroatoms. The van der Waals surface area contributed by atoms with E-state index in [2.05, 4.69) is 24.7 Å². The summed E-state index contributed by atoms with van der Waals surface area (Å²) in [7, 11) is 0. The zero-order valence-corrected chi connectivity index (χ0v) is 14.7. The van der Waals surface area contributed by atoms with Crippen LogP contribution in [0.3, 0.4) is 0 Å². The van der Waals surface area contributed by atoms with Gasteiger partial charge in [0.05, 0.1) is 0 Å². The molecule has 1 aromatic carbocycles. The van der Waals surface area contributed by atoms with Gasteiger partial charge in [-0.1, -0.05) is 31.5 Å². The molecule has 0 aliphatic heterocycles. The monoisotopic (exact) mass is 359 g/mol. The molecule has 0 bridgehead atoms. The third kappa shape index (κ3) is 7.22. The Morgan fingerprint density at radius 2 is 2.04 bits per heavy atom. The molecule has 0 fully saturated rings. The van der Waals surface area contributed by atoms with E-state index in [4.69, 9.17) is 17.3 Å². The Morgan fingerprint density at radius 1 is 1.35 bits per heavy atom. The fourth-order valence-electron chi connectivity index (χ4n) is 1.69. The molecule has 1 unspecified atom stereocenters. The first-order valence-corrected chi connectivity index (χ1v) is 8.65. The Morgan fingerprint density at radius 3 is 2.65 bits per heavy atom. The minimum atomic E-state index is -1.39. The summed E-state index contributed by atoms with van der Waals surface area (Å²) in [6, 6.07) is 5.59. The third-order valence-electron chi connectivity index (χ3n) is 2.96. The second kappa shape index (κ2) is 9.77. The van der Waals surface area contributed by atoms with Crippen molar-refractivity contribution >= 4 is 35.2 Å². The predicted octanol–water partition coefficient (Wildman–Crippen LogP) is 1.32. The van der Waals surface area contributed by atoms with Crippen molar-refractivity contribution in [1.29, 1.82) is 0 Å². The van der Waals surface area contributed by atoms with Gasteiger partial charge in [-0.05, 0) is 35.6 Å². The van der Waals surface area contributed by atoms with Crippen molar-refractivity contribution in [3.05, 3.63) is 34.9 Å². The lowest BCUT2D eigenvalue weighted by molar-refractivity contribution is -0.131. The van der Waals surface area contributed by atoms with Crippen molar-refractivity contribution in [2.45, 2.75) is 37.7 Å². The van der Waals surface area contributed by atoms with E-state index in [1.807, 2.05) is 0 Å². The summed E-state index contributed by atoms with van der Waals surface area (Å²) in [6.45, 7) is 4.12. The van der Waals surface area contributed by atoms with E-state index in [1.54, 1.807) is 30.0 Å². The van der Waals surface area contributed by atoms with Gasteiger partial charge in [-0.2, -0.15) is 11.8 Å². The Kier molecular flexibility index (Phi) is 8.40. The molecule has 128 valence electrons. The van der Waals surface area contributed by atoms with E-state index in [1.165, 1.54) is 6.07 Å². The van der Waals surface area contributed by atoms with Crippen LogP contribution < -0.4 is 16.6 Å². The summed E-state index contributed by atoms with van der Waals surface area (Å²) in [4.78, 5) is 23.6. The van der Waals surface area contributed by atoms with Crippen LogP contribution in [-0.4, -0.2) is 40.1 Å². The molecule has 23 heavy (non-hydrogen) atoms. The normalized spacial score (nSPS) is 13.5. The van der Waals surface area contributed by atoms with Crippen LogP contribution in [0, 0.1) is 0 Å². The number of nitrogens with two attached hydrogens (primary N) is 1. The number of hydrazine groups is 1. The number of thioether (sulfide) groups is 1. The number of amides is 2. The van der Waals surface area contributed by atoms with Gasteiger partial charge < -0.3 is 10.8 Å². The molecule has 0 aliphatic carbocycles. The SMILES string of the molecule is CC(C)SCC[C@@H](N)C(O)C(=O)NNC(=O)c1cccc(Cl)c1.